The maximum atomic E-state index is 12.2. The van der Waals surface area contributed by atoms with Crippen molar-refractivity contribution in [1.82, 2.24) is 10.6 Å². The highest BCUT2D eigenvalue weighted by Gasteiger charge is 2.27. The van der Waals surface area contributed by atoms with Crippen molar-refractivity contribution < 1.29 is 19.4 Å². The summed E-state index contributed by atoms with van der Waals surface area (Å²) in [7, 11) is 0. The number of carbonyl (C=O) groups is 2. The van der Waals surface area contributed by atoms with Crippen molar-refractivity contribution in [3.63, 3.8) is 0 Å². The number of alkyl carbamates (subject to hydrolysis) is 1. The minimum Gasteiger partial charge on any atom is -0.447 e. The van der Waals surface area contributed by atoms with Gasteiger partial charge in [0.2, 0.25) is 5.91 Å². The average molecular weight is 308 g/mol. The number of carbonyl (C=O) groups excluding carboxylic acids is 2. The Morgan fingerprint density at radius 2 is 1.64 bits per heavy atom. The van der Waals surface area contributed by atoms with Crippen LogP contribution in [0, 0.1) is 0 Å². The van der Waals surface area contributed by atoms with E-state index in [1.165, 1.54) is 6.92 Å². The molecular formula is C16H24N2O4. The Morgan fingerprint density at radius 3 is 2.14 bits per heavy atom. The first-order valence-corrected chi connectivity index (χ1v) is 7.31. The van der Waals surface area contributed by atoms with Gasteiger partial charge in [0.05, 0.1) is 18.2 Å². The van der Waals surface area contributed by atoms with Crippen molar-refractivity contribution >= 4 is 12.0 Å². The lowest BCUT2D eigenvalue weighted by molar-refractivity contribution is -0.126. The van der Waals surface area contributed by atoms with Crippen molar-refractivity contribution in [3.05, 3.63) is 35.9 Å². The second kappa shape index (κ2) is 8.38. The number of benzene rings is 1. The SMILES string of the molecule is CC(C)OC(=O)N[C@H](C(=O)NC(C)c1ccccc1)[C@@H](C)O. The minimum atomic E-state index is -1.07. The fraction of sp³-hybridized carbons (Fsp3) is 0.500. The van der Waals surface area contributed by atoms with Crippen LogP contribution in [0.1, 0.15) is 39.3 Å². The van der Waals surface area contributed by atoms with E-state index in [9.17, 15) is 14.7 Å². The Labute approximate surface area is 130 Å². The molecule has 0 aromatic heterocycles. The molecule has 1 unspecified atom stereocenters. The van der Waals surface area contributed by atoms with Crippen molar-refractivity contribution in [2.75, 3.05) is 0 Å². The summed E-state index contributed by atoms with van der Waals surface area (Å²) in [6, 6.07) is 8.12. The summed E-state index contributed by atoms with van der Waals surface area (Å²) in [5.41, 5.74) is 0.935. The maximum Gasteiger partial charge on any atom is 0.408 e. The molecule has 22 heavy (non-hydrogen) atoms. The third kappa shape index (κ3) is 5.73. The summed E-state index contributed by atoms with van der Waals surface area (Å²) in [6.07, 6.45) is -2.08. The highest BCUT2D eigenvalue weighted by molar-refractivity contribution is 5.86. The van der Waals surface area contributed by atoms with Crippen molar-refractivity contribution in [3.8, 4) is 0 Å². The van der Waals surface area contributed by atoms with Crippen LogP contribution in [0.2, 0.25) is 0 Å². The molecule has 0 heterocycles. The molecule has 6 nitrogen and oxygen atoms in total. The summed E-state index contributed by atoms with van der Waals surface area (Å²) in [6.45, 7) is 6.68. The zero-order chi connectivity index (χ0) is 16.7. The lowest BCUT2D eigenvalue weighted by Gasteiger charge is -2.23. The number of nitrogens with one attached hydrogen (secondary N) is 2. The van der Waals surface area contributed by atoms with Crippen molar-refractivity contribution in [2.24, 2.45) is 0 Å². The molecule has 122 valence electrons. The molecule has 1 rings (SSSR count). The molecule has 0 spiro atoms. The number of aliphatic hydroxyl groups excluding tert-OH is 1. The van der Waals surface area contributed by atoms with E-state index in [0.29, 0.717) is 0 Å². The zero-order valence-corrected chi connectivity index (χ0v) is 13.4. The van der Waals surface area contributed by atoms with Crippen LogP contribution in [-0.4, -0.2) is 35.4 Å². The molecule has 0 saturated heterocycles. The number of hydrogen-bond donors (Lipinski definition) is 3. The summed E-state index contributed by atoms with van der Waals surface area (Å²) in [4.78, 5) is 23.9. The van der Waals surface area contributed by atoms with Crippen LogP contribution in [0.3, 0.4) is 0 Å². The molecule has 0 aliphatic heterocycles. The second-order valence-corrected chi connectivity index (χ2v) is 5.46. The molecule has 1 aromatic carbocycles. The standard InChI is InChI=1S/C16H24N2O4/c1-10(2)22-16(21)18-14(12(4)19)15(20)17-11(3)13-8-6-5-7-9-13/h5-12,14,19H,1-4H3,(H,17,20)(H,18,21)/t11?,12-,14+/m1/s1. The number of amides is 2. The van der Waals surface area contributed by atoms with Crippen LogP contribution in [0.4, 0.5) is 4.79 Å². The first kappa shape index (κ1) is 18.0. The number of ether oxygens (including phenoxy) is 1. The summed E-state index contributed by atoms with van der Waals surface area (Å²) in [5.74, 6) is -0.466. The van der Waals surface area contributed by atoms with Crippen LogP contribution < -0.4 is 10.6 Å². The van der Waals surface area contributed by atoms with Gasteiger partial charge in [-0.15, -0.1) is 0 Å². The average Bonchev–Trinajstić information content (AvgIpc) is 2.44. The smallest absolute Gasteiger partial charge is 0.408 e. The molecule has 2 amide bonds. The first-order valence-electron chi connectivity index (χ1n) is 7.31. The Morgan fingerprint density at radius 1 is 1.05 bits per heavy atom. The molecule has 0 bridgehead atoms. The largest absolute Gasteiger partial charge is 0.447 e. The maximum absolute atomic E-state index is 12.2. The molecule has 3 N–H and O–H groups in total. The Hall–Kier alpha value is -2.08. The molecular weight excluding hydrogens is 284 g/mol. The number of hydrogen-bond acceptors (Lipinski definition) is 4. The molecule has 0 fully saturated rings. The summed E-state index contributed by atoms with van der Waals surface area (Å²) < 4.78 is 4.93. The molecule has 1 aromatic rings. The van der Waals surface area contributed by atoms with Gasteiger partial charge in [0, 0.05) is 0 Å². The van der Waals surface area contributed by atoms with E-state index in [1.54, 1.807) is 13.8 Å². The molecule has 6 heteroatoms. The number of rotatable bonds is 6. The van der Waals surface area contributed by atoms with E-state index < -0.39 is 24.1 Å². The topological polar surface area (TPSA) is 87.7 Å². The highest BCUT2D eigenvalue weighted by atomic mass is 16.6. The lowest BCUT2D eigenvalue weighted by Crippen LogP contribution is -2.53. The van der Waals surface area contributed by atoms with E-state index >= 15 is 0 Å². The second-order valence-electron chi connectivity index (χ2n) is 5.46. The molecule has 0 aliphatic rings. The highest BCUT2D eigenvalue weighted by Crippen LogP contribution is 2.11. The van der Waals surface area contributed by atoms with Crippen LogP contribution in [0.5, 0.6) is 0 Å². The third-order valence-electron chi connectivity index (χ3n) is 3.04. The van der Waals surface area contributed by atoms with Gasteiger partial charge < -0.3 is 20.5 Å². The monoisotopic (exact) mass is 308 g/mol. The number of aliphatic hydroxyl groups is 1. The van der Waals surface area contributed by atoms with Gasteiger partial charge >= 0.3 is 6.09 Å². The summed E-state index contributed by atoms with van der Waals surface area (Å²) in [5, 5.41) is 14.9. The van der Waals surface area contributed by atoms with Gasteiger partial charge in [-0.2, -0.15) is 0 Å². The van der Waals surface area contributed by atoms with Crippen molar-refractivity contribution in [2.45, 2.75) is 52.0 Å². The first-order chi connectivity index (χ1) is 10.3. The Kier molecular flexibility index (Phi) is 6.85. The van der Waals surface area contributed by atoms with Gasteiger partial charge in [0.1, 0.15) is 6.04 Å². The predicted molar refractivity (Wildman–Crippen MR) is 83.2 cm³/mol. The summed E-state index contributed by atoms with van der Waals surface area (Å²) >= 11 is 0. The zero-order valence-electron chi connectivity index (χ0n) is 13.4. The van der Waals surface area contributed by atoms with E-state index in [1.807, 2.05) is 37.3 Å². The van der Waals surface area contributed by atoms with Gasteiger partial charge in [-0.25, -0.2) is 4.79 Å². The Bertz CT molecular complexity index is 488. The Balaban J connectivity index is 2.67. The van der Waals surface area contributed by atoms with Crippen LogP contribution in [0.15, 0.2) is 30.3 Å². The van der Waals surface area contributed by atoms with E-state index in [2.05, 4.69) is 10.6 Å². The third-order valence-corrected chi connectivity index (χ3v) is 3.04. The van der Waals surface area contributed by atoms with Gasteiger partial charge in [-0.3, -0.25) is 4.79 Å². The molecule has 0 aliphatic carbocycles. The predicted octanol–water partition coefficient (Wildman–Crippen LogP) is 1.75. The fourth-order valence-corrected chi connectivity index (χ4v) is 1.91. The van der Waals surface area contributed by atoms with Crippen LogP contribution >= 0.6 is 0 Å². The van der Waals surface area contributed by atoms with E-state index in [-0.39, 0.29) is 12.1 Å². The van der Waals surface area contributed by atoms with E-state index in [4.69, 9.17) is 4.74 Å². The minimum absolute atomic E-state index is 0.238. The molecule has 0 radical (unpaired) electrons. The van der Waals surface area contributed by atoms with Gasteiger partial charge in [0.15, 0.2) is 0 Å². The van der Waals surface area contributed by atoms with E-state index in [0.717, 1.165) is 5.56 Å². The van der Waals surface area contributed by atoms with Gasteiger partial charge in [0.25, 0.3) is 0 Å². The van der Waals surface area contributed by atoms with Crippen LogP contribution in [-0.2, 0) is 9.53 Å². The fourth-order valence-electron chi connectivity index (χ4n) is 1.91. The van der Waals surface area contributed by atoms with Gasteiger partial charge in [-0.1, -0.05) is 30.3 Å². The molecule has 0 saturated carbocycles. The quantitative estimate of drug-likeness (QED) is 0.747. The normalized spacial score (nSPS) is 14.8. The van der Waals surface area contributed by atoms with Crippen LogP contribution in [0.25, 0.3) is 0 Å². The van der Waals surface area contributed by atoms with Crippen molar-refractivity contribution in [1.29, 1.82) is 0 Å². The lowest BCUT2D eigenvalue weighted by atomic mass is 10.1. The molecule has 3 atom stereocenters. The van der Waals surface area contributed by atoms with Gasteiger partial charge in [-0.05, 0) is 33.3 Å².